The molecule has 0 bridgehead atoms. The number of nitrogens with one attached hydrogen (secondary N) is 1. The topological polar surface area (TPSA) is 72.0 Å². The largest absolute Gasteiger partial charge is 0.354 e. The number of nitrogens with zero attached hydrogens (tertiary/aromatic N) is 2. The summed E-state index contributed by atoms with van der Waals surface area (Å²) in [6, 6.07) is 1.68. The van der Waals surface area contributed by atoms with Gasteiger partial charge in [0.05, 0.1) is 5.03 Å². The van der Waals surface area contributed by atoms with Crippen LogP contribution in [-0.2, 0) is 9.59 Å². The lowest BCUT2D eigenvalue weighted by Crippen LogP contribution is -2.20. The molecular weight excluding hydrogens is 325 g/mol. The second kappa shape index (κ2) is 6.35. The van der Waals surface area contributed by atoms with E-state index in [1.807, 2.05) is 0 Å². The molecule has 0 saturated carbocycles. The highest BCUT2D eigenvalue weighted by atomic mass is 35.5. The maximum absolute atomic E-state index is 11.9. The minimum Gasteiger partial charge on any atom is -0.354 e. The smallest absolute Gasteiger partial charge is 0.222 e. The van der Waals surface area contributed by atoms with Crippen LogP contribution in [-0.4, -0.2) is 28.1 Å². The van der Waals surface area contributed by atoms with Gasteiger partial charge in [-0.25, -0.2) is 9.97 Å². The third-order valence-electron chi connectivity index (χ3n) is 2.55. The van der Waals surface area contributed by atoms with Gasteiger partial charge in [-0.05, 0) is 12.5 Å². The van der Waals surface area contributed by atoms with Gasteiger partial charge in [-0.15, -0.1) is 0 Å². The summed E-state index contributed by atoms with van der Waals surface area (Å²) in [5, 5.41) is 2.07. The van der Waals surface area contributed by atoms with Crippen molar-refractivity contribution in [3.63, 3.8) is 0 Å². The number of anilines is 1. The van der Waals surface area contributed by atoms with Crippen molar-refractivity contribution in [2.24, 2.45) is 0 Å². The number of aromatic nitrogens is 2. The van der Waals surface area contributed by atoms with Crippen LogP contribution >= 0.6 is 34.8 Å². The van der Waals surface area contributed by atoms with Gasteiger partial charge in [0.1, 0.15) is 10.1 Å². The molecule has 20 heavy (non-hydrogen) atoms. The van der Waals surface area contributed by atoms with E-state index in [9.17, 15) is 9.59 Å². The SMILES string of the molecule is O=C1C(Cl)=C(Cl)C(=O)C(CCNc2ncccn2)=C1Cl. The van der Waals surface area contributed by atoms with E-state index in [0.29, 0.717) is 12.5 Å². The van der Waals surface area contributed by atoms with E-state index in [1.165, 1.54) is 0 Å². The number of carbonyl (C=O) groups excluding carboxylic acids is 2. The van der Waals surface area contributed by atoms with E-state index in [-0.39, 0.29) is 27.1 Å². The van der Waals surface area contributed by atoms with Crippen LogP contribution in [0.5, 0.6) is 0 Å². The lowest BCUT2D eigenvalue weighted by Gasteiger charge is -2.14. The maximum Gasteiger partial charge on any atom is 0.222 e. The zero-order valence-electron chi connectivity index (χ0n) is 9.99. The second-order valence-electron chi connectivity index (χ2n) is 3.83. The van der Waals surface area contributed by atoms with Crippen LogP contribution in [0.25, 0.3) is 0 Å². The van der Waals surface area contributed by atoms with Gasteiger partial charge in [0.15, 0.2) is 0 Å². The Morgan fingerprint density at radius 1 is 0.950 bits per heavy atom. The Labute approximate surface area is 129 Å². The molecule has 2 rings (SSSR count). The zero-order chi connectivity index (χ0) is 14.7. The van der Waals surface area contributed by atoms with Gasteiger partial charge >= 0.3 is 0 Å². The molecule has 1 aromatic rings. The number of carbonyl (C=O) groups is 2. The molecule has 1 aliphatic carbocycles. The monoisotopic (exact) mass is 331 g/mol. The molecule has 0 aliphatic heterocycles. The van der Waals surface area contributed by atoms with Gasteiger partial charge in [-0.2, -0.15) is 0 Å². The molecule has 8 heteroatoms. The summed E-state index contributed by atoms with van der Waals surface area (Å²) in [5.74, 6) is -0.751. The summed E-state index contributed by atoms with van der Waals surface area (Å²) in [6.45, 7) is 0.330. The van der Waals surface area contributed by atoms with Crippen molar-refractivity contribution >= 4 is 52.3 Å². The van der Waals surface area contributed by atoms with Crippen molar-refractivity contribution in [1.82, 2.24) is 9.97 Å². The Bertz CT molecular complexity index is 626. The first-order valence-electron chi connectivity index (χ1n) is 5.56. The Hall–Kier alpha value is -1.43. The third kappa shape index (κ3) is 3.00. The zero-order valence-corrected chi connectivity index (χ0v) is 12.3. The van der Waals surface area contributed by atoms with E-state index in [2.05, 4.69) is 15.3 Å². The molecule has 0 saturated heterocycles. The number of Topliss-reactive ketones (excluding diaryl/α,β-unsaturated/α-hetero) is 2. The predicted molar refractivity (Wildman–Crippen MR) is 76.8 cm³/mol. The van der Waals surface area contributed by atoms with E-state index in [4.69, 9.17) is 34.8 Å². The summed E-state index contributed by atoms with van der Waals surface area (Å²) < 4.78 is 0. The maximum atomic E-state index is 11.9. The molecule has 0 fully saturated rings. The molecule has 0 unspecified atom stereocenters. The van der Waals surface area contributed by atoms with Crippen molar-refractivity contribution < 1.29 is 9.59 Å². The third-order valence-corrected chi connectivity index (χ3v) is 3.77. The second-order valence-corrected chi connectivity index (χ2v) is 4.96. The molecule has 0 radical (unpaired) electrons. The minimum atomic E-state index is -0.635. The molecule has 1 aromatic heterocycles. The van der Waals surface area contributed by atoms with Crippen LogP contribution in [0.3, 0.4) is 0 Å². The van der Waals surface area contributed by atoms with E-state index in [0.717, 1.165) is 0 Å². The van der Waals surface area contributed by atoms with Gasteiger partial charge in [-0.1, -0.05) is 34.8 Å². The number of ketones is 2. The van der Waals surface area contributed by atoms with Gasteiger partial charge in [0.25, 0.3) is 0 Å². The average molecular weight is 333 g/mol. The Kier molecular flexibility index (Phi) is 4.75. The lowest BCUT2D eigenvalue weighted by atomic mass is 10.00. The Morgan fingerprint density at radius 2 is 1.55 bits per heavy atom. The highest BCUT2D eigenvalue weighted by molar-refractivity contribution is 6.64. The fourth-order valence-corrected chi connectivity index (χ4v) is 2.28. The fraction of sp³-hybridized carbons (Fsp3) is 0.167. The summed E-state index contributed by atoms with van der Waals surface area (Å²) in [6.07, 6.45) is 3.37. The summed E-state index contributed by atoms with van der Waals surface area (Å²) >= 11 is 17.2. The van der Waals surface area contributed by atoms with Gasteiger partial charge in [-0.3, -0.25) is 9.59 Å². The standard InChI is InChI=1S/C12H8Cl3N3O2/c13-7-6(10(19)8(14)9(15)11(7)20)2-5-18-12-16-3-1-4-17-12/h1,3-4H,2,5H2,(H,16,17,18). The molecule has 0 amide bonds. The number of hydrogen-bond acceptors (Lipinski definition) is 5. The first kappa shape index (κ1) is 15.0. The molecular formula is C12H8Cl3N3O2. The first-order chi connectivity index (χ1) is 9.52. The van der Waals surface area contributed by atoms with Gasteiger partial charge in [0.2, 0.25) is 17.5 Å². The van der Waals surface area contributed by atoms with E-state index < -0.39 is 11.6 Å². The summed E-state index contributed by atoms with van der Waals surface area (Å²) in [7, 11) is 0. The van der Waals surface area contributed by atoms with Gasteiger partial charge in [0, 0.05) is 24.5 Å². The van der Waals surface area contributed by atoms with Crippen molar-refractivity contribution in [3.05, 3.63) is 39.1 Å². The number of halogens is 3. The summed E-state index contributed by atoms with van der Waals surface area (Å²) in [4.78, 5) is 31.5. The highest BCUT2D eigenvalue weighted by Gasteiger charge is 2.31. The number of allylic oxidation sites excluding steroid dienone is 3. The number of rotatable bonds is 4. The highest BCUT2D eigenvalue weighted by Crippen LogP contribution is 2.32. The normalized spacial score (nSPS) is 15.9. The van der Waals surface area contributed by atoms with Crippen LogP contribution in [0.15, 0.2) is 39.1 Å². The Balaban J connectivity index is 2.06. The van der Waals surface area contributed by atoms with E-state index >= 15 is 0 Å². The minimum absolute atomic E-state index is 0.134. The van der Waals surface area contributed by atoms with Crippen LogP contribution < -0.4 is 5.32 Å². The summed E-state index contributed by atoms with van der Waals surface area (Å²) in [5.41, 5.74) is 0.134. The molecule has 0 atom stereocenters. The molecule has 1 aliphatic rings. The van der Waals surface area contributed by atoms with Crippen LogP contribution in [0.1, 0.15) is 6.42 Å². The molecule has 1 N–H and O–H groups in total. The quantitative estimate of drug-likeness (QED) is 0.858. The van der Waals surface area contributed by atoms with Crippen LogP contribution in [0, 0.1) is 0 Å². The average Bonchev–Trinajstić information content (AvgIpc) is 2.48. The molecule has 104 valence electrons. The van der Waals surface area contributed by atoms with Crippen molar-refractivity contribution in [2.75, 3.05) is 11.9 Å². The van der Waals surface area contributed by atoms with Crippen molar-refractivity contribution in [2.45, 2.75) is 6.42 Å². The van der Waals surface area contributed by atoms with Crippen LogP contribution in [0.2, 0.25) is 0 Å². The lowest BCUT2D eigenvalue weighted by molar-refractivity contribution is -0.115. The van der Waals surface area contributed by atoms with Crippen LogP contribution in [0.4, 0.5) is 5.95 Å². The Morgan fingerprint density at radius 3 is 2.20 bits per heavy atom. The molecule has 0 spiro atoms. The van der Waals surface area contributed by atoms with Gasteiger partial charge < -0.3 is 5.32 Å². The first-order valence-corrected chi connectivity index (χ1v) is 6.70. The molecule has 1 heterocycles. The van der Waals surface area contributed by atoms with Crippen molar-refractivity contribution in [3.8, 4) is 0 Å². The molecule has 5 nitrogen and oxygen atoms in total. The fourth-order valence-electron chi connectivity index (χ4n) is 1.58. The number of hydrogen-bond donors (Lipinski definition) is 1. The van der Waals surface area contributed by atoms with E-state index in [1.54, 1.807) is 18.5 Å². The molecule has 0 aromatic carbocycles. The van der Waals surface area contributed by atoms with Crippen molar-refractivity contribution in [1.29, 1.82) is 0 Å². The predicted octanol–water partition coefficient (Wildman–Crippen LogP) is 2.61.